The van der Waals surface area contributed by atoms with Crippen molar-refractivity contribution < 1.29 is 9.52 Å². The Labute approximate surface area is 127 Å². The largest absolute Gasteiger partial charge is 0.461 e. The standard InChI is InChI=1S/C18H27NO2/c1-2-3-10-18-16(14-19-12-7-4-8-13-20)15-9-5-6-11-17(15)21-18/h5-6,9,11,19-20H,2-4,7-8,10,12-14H2,1H3. The number of para-hydroxylation sites is 1. The van der Waals surface area contributed by atoms with Gasteiger partial charge in [-0.05, 0) is 38.3 Å². The average molecular weight is 289 g/mol. The van der Waals surface area contributed by atoms with E-state index >= 15 is 0 Å². The molecule has 0 fully saturated rings. The van der Waals surface area contributed by atoms with Crippen molar-refractivity contribution in [1.82, 2.24) is 5.32 Å². The summed E-state index contributed by atoms with van der Waals surface area (Å²) in [4.78, 5) is 0. The predicted octanol–water partition coefficient (Wildman–Crippen LogP) is 4.03. The number of aliphatic hydroxyl groups is 1. The van der Waals surface area contributed by atoms with E-state index in [0.717, 1.165) is 50.1 Å². The van der Waals surface area contributed by atoms with E-state index in [1.165, 1.54) is 23.8 Å². The summed E-state index contributed by atoms with van der Waals surface area (Å²) < 4.78 is 6.02. The Morgan fingerprint density at radius 1 is 1.10 bits per heavy atom. The molecule has 1 heterocycles. The number of nitrogens with one attached hydrogen (secondary N) is 1. The molecule has 0 unspecified atom stereocenters. The maximum atomic E-state index is 8.78. The lowest BCUT2D eigenvalue weighted by atomic mass is 10.1. The molecule has 0 atom stereocenters. The summed E-state index contributed by atoms with van der Waals surface area (Å²) in [6.45, 7) is 4.37. The summed E-state index contributed by atoms with van der Waals surface area (Å²) >= 11 is 0. The van der Waals surface area contributed by atoms with Crippen LogP contribution in [0.3, 0.4) is 0 Å². The number of hydrogen-bond donors (Lipinski definition) is 2. The van der Waals surface area contributed by atoms with E-state index in [1.54, 1.807) is 0 Å². The number of aliphatic hydroxyl groups excluding tert-OH is 1. The number of aryl methyl sites for hydroxylation is 1. The third-order valence-corrected chi connectivity index (χ3v) is 3.85. The van der Waals surface area contributed by atoms with Gasteiger partial charge in [0.05, 0.1) is 0 Å². The number of hydrogen-bond acceptors (Lipinski definition) is 3. The van der Waals surface area contributed by atoms with Crippen LogP contribution in [-0.2, 0) is 13.0 Å². The first-order valence-electron chi connectivity index (χ1n) is 8.17. The molecule has 0 bridgehead atoms. The van der Waals surface area contributed by atoms with Gasteiger partial charge in [0, 0.05) is 30.5 Å². The van der Waals surface area contributed by atoms with E-state index in [-0.39, 0.29) is 0 Å². The minimum absolute atomic E-state index is 0.299. The van der Waals surface area contributed by atoms with E-state index in [0.29, 0.717) is 6.61 Å². The van der Waals surface area contributed by atoms with Gasteiger partial charge in [-0.1, -0.05) is 31.5 Å². The molecule has 0 spiro atoms. The van der Waals surface area contributed by atoms with Crippen LogP contribution >= 0.6 is 0 Å². The minimum atomic E-state index is 0.299. The molecule has 0 saturated heterocycles. The van der Waals surface area contributed by atoms with Crippen molar-refractivity contribution in [2.75, 3.05) is 13.2 Å². The highest BCUT2D eigenvalue weighted by atomic mass is 16.3. The number of rotatable bonds is 10. The third kappa shape index (κ3) is 4.58. The first-order valence-corrected chi connectivity index (χ1v) is 8.17. The highest BCUT2D eigenvalue weighted by Gasteiger charge is 2.12. The average Bonchev–Trinajstić information content (AvgIpc) is 2.86. The fraction of sp³-hybridized carbons (Fsp3) is 0.556. The molecule has 2 rings (SSSR count). The SMILES string of the molecule is CCCCc1oc2ccccc2c1CNCCCCCO. The maximum absolute atomic E-state index is 8.78. The molecule has 2 aromatic rings. The Balaban J connectivity index is 1.98. The molecule has 21 heavy (non-hydrogen) atoms. The van der Waals surface area contributed by atoms with Crippen LogP contribution in [0.5, 0.6) is 0 Å². The summed E-state index contributed by atoms with van der Waals surface area (Å²) in [5.41, 5.74) is 2.32. The molecule has 1 aromatic heterocycles. The Morgan fingerprint density at radius 3 is 2.76 bits per heavy atom. The topological polar surface area (TPSA) is 45.4 Å². The van der Waals surface area contributed by atoms with Gasteiger partial charge in [-0.3, -0.25) is 0 Å². The zero-order chi connectivity index (χ0) is 14.9. The number of furan rings is 1. The summed E-state index contributed by atoms with van der Waals surface area (Å²) in [6.07, 6.45) is 6.47. The molecule has 0 aliphatic carbocycles. The molecule has 0 aliphatic rings. The lowest BCUT2D eigenvalue weighted by Gasteiger charge is -2.06. The molecule has 0 aliphatic heterocycles. The van der Waals surface area contributed by atoms with Gasteiger partial charge in [-0.2, -0.15) is 0 Å². The van der Waals surface area contributed by atoms with Gasteiger partial charge in [0.1, 0.15) is 11.3 Å². The van der Waals surface area contributed by atoms with E-state index in [9.17, 15) is 0 Å². The monoisotopic (exact) mass is 289 g/mol. The van der Waals surface area contributed by atoms with Crippen LogP contribution in [0.2, 0.25) is 0 Å². The summed E-state index contributed by atoms with van der Waals surface area (Å²) in [5.74, 6) is 1.14. The van der Waals surface area contributed by atoms with Crippen LogP contribution in [0, 0.1) is 0 Å². The number of unbranched alkanes of at least 4 members (excludes halogenated alkanes) is 3. The molecule has 0 saturated carbocycles. The van der Waals surface area contributed by atoms with Crippen molar-refractivity contribution >= 4 is 11.0 Å². The second-order valence-electron chi connectivity index (χ2n) is 5.56. The zero-order valence-electron chi connectivity index (χ0n) is 13.0. The second-order valence-corrected chi connectivity index (χ2v) is 5.56. The zero-order valence-corrected chi connectivity index (χ0v) is 13.0. The molecule has 116 valence electrons. The van der Waals surface area contributed by atoms with E-state index < -0.39 is 0 Å². The lowest BCUT2D eigenvalue weighted by molar-refractivity contribution is 0.283. The van der Waals surface area contributed by atoms with Crippen LogP contribution in [-0.4, -0.2) is 18.3 Å². The van der Waals surface area contributed by atoms with Crippen LogP contribution < -0.4 is 5.32 Å². The Hall–Kier alpha value is -1.32. The lowest BCUT2D eigenvalue weighted by Crippen LogP contribution is -2.15. The number of fused-ring (bicyclic) bond motifs is 1. The van der Waals surface area contributed by atoms with Gasteiger partial charge in [0.2, 0.25) is 0 Å². The molecule has 2 N–H and O–H groups in total. The smallest absolute Gasteiger partial charge is 0.134 e. The van der Waals surface area contributed by atoms with Gasteiger partial charge in [-0.15, -0.1) is 0 Å². The molecule has 0 radical (unpaired) electrons. The van der Waals surface area contributed by atoms with Crippen LogP contribution in [0.4, 0.5) is 0 Å². The quantitative estimate of drug-likeness (QED) is 0.649. The number of benzene rings is 1. The van der Waals surface area contributed by atoms with Crippen molar-refractivity contribution in [3.63, 3.8) is 0 Å². The van der Waals surface area contributed by atoms with Gasteiger partial charge >= 0.3 is 0 Å². The van der Waals surface area contributed by atoms with Crippen molar-refractivity contribution in [3.8, 4) is 0 Å². The fourth-order valence-corrected chi connectivity index (χ4v) is 2.63. The van der Waals surface area contributed by atoms with Gasteiger partial charge in [0.25, 0.3) is 0 Å². The predicted molar refractivity (Wildman–Crippen MR) is 87.5 cm³/mol. The van der Waals surface area contributed by atoms with Crippen LogP contribution in [0.1, 0.15) is 50.4 Å². The highest BCUT2D eigenvalue weighted by molar-refractivity contribution is 5.82. The van der Waals surface area contributed by atoms with E-state index in [2.05, 4.69) is 30.4 Å². The van der Waals surface area contributed by atoms with Crippen LogP contribution in [0.15, 0.2) is 28.7 Å². The normalized spacial score (nSPS) is 11.3. The fourth-order valence-electron chi connectivity index (χ4n) is 2.63. The summed E-state index contributed by atoms with van der Waals surface area (Å²) in [7, 11) is 0. The van der Waals surface area contributed by atoms with E-state index in [1.807, 2.05) is 6.07 Å². The molecule has 3 heteroatoms. The van der Waals surface area contributed by atoms with Gasteiger partial charge in [0.15, 0.2) is 0 Å². The molecule has 0 amide bonds. The molecule has 3 nitrogen and oxygen atoms in total. The Morgan fingerprint density at radius 2 is 1.95 bits per heavy atom. The summed E-state index contributed by atoms with van der Waals surface area (Å²) in [5, 5.41) is 13.5. The van der Waals surface area contributed by atoms with Crippen molar-refractivity contribution in [2.24, 2.45) is 0 Å². The Kier molecular flexibility index (Phi) is 6.77. The maximum Gasteiger partial charge on any atom is 0.134 e. The summed E-state index contributed by atoms with van der Waals surface area (Å²) in [6, 6.07) is 8.31. The molecule has 1 aromatic carbocycles. The third-order valence-electron chi connectivity index (χ3n) is 3.85. The van der Waals surface area contributed by atoms with Crippen molar-refractivity contribution in [3.05, 3.63) is 35.6 Å². The van der Waals surface area contributed by atoms with Crippen molar-refractivity contribution in [2.45, 2.75) is 52.0 Å². The molecular weight excluding hydrogens is 262 g/mol. The first kappa shape index (κ1) is 16.1. The Bertz CT molecular complexity index is 533. The second kappa shape index (κ2) is 8.85. The van der Waals surface area contributed by atoms with Gasteiger partial charge < -0.3 is 14.8 Å². The van der Waals surface area contributed by atoms with E-state index in [4.69, 9.17) is 9.52 Å². The molecular formula is C18H27NO2. The van der Waals surface area contributed by atoms with Gasteiger partial charge in [-0.25, -0.2) is 0 Å². The van der Waals surface area contributed by atoms with Crippen molar-refractivity contribution in [1.29, 1.82) is 0 Å². The first-order chi connectivity index (χ1) is 10.4. The van der Waals surface area contributed by atoms with Crippen LogP contribution in [0.25, 0.3) is 11.0 Å². The highest BCUT2D eigenvalue weighted by Crippen LogP contribution is 2.27. The minimum Gasteiger partial charge on any atom is -0.461 e.